The van der Waals surface area contributed by atoms with E-state index in [0.29, 0.717) is 16.5 Å². The van der Waals surface area contributed by atoms with E-state index in [1.54, 1.807) is 14.2 Å². The first kappa shape index (κ1) is 15.7. The van der Waals surface area contributed by atoms with E-state index in [4.69, 9.17) is 25.5 Å². The monoisotopic (exact) mass is 309 g/mol. The van der Waals surface area contributed by atoms with Crippen molar-refractivity contribution in [3.05, 3.63) is 46.4 Å². The highest BCUT2D eigenvalue weighted by Crippen LogP contribution is 2.41. The molecule has 0 aliphatic heterocycles. The first-order chi connectivity index (χ1) is 10.1. The van der Waals surface area contributed by atoms with Crippen molar-refractivity contribution in [3.8, 4) is 11.5 Å². The van der Waals surface area contributed by atoms with Gasteiger partial charge >= 0.3 is 0 Å². The first-order valence-electron chi connectivity index (χ1n) is 6.82. The molecule has 5 heteroatoms. The van der Waals surface area contributed by atoms with Gasteiger partial charge in [-0.05, 0) is 37.7 Å². The van der Waals surface area contributed by atoms with Gasteiger partial charge in [0.05, 0.1) is 20.3 Å². The van der Waals surface area contributed by atoms with Crippen molar-refractivity contribution < 1.29 is 13.9 Å². The molecule has 4 nitrogen and oxygen atoms in total. The molecule has 0 aliphatic rings. The summed E-state index contributed by atoms with van der Waals surface area (Å²) in [5.41, 5.74) is 0.916. The van der Waals surface area contributed by atoms with Crippen LogP contribution in [0.1, 0.15) is 30.0 Å². The maximum absolute atomic E-state index is 6.34. The van der Waals surface area contributed by atoms with Gasteiger partial charge in [0.1, 0.15) is 28.0 Å². The summed E-state index contributed by atoms with van der Waals surface area (Å²) in [7, 11) is 3.18. The second-order valence-corrected chi connectivity index (χ2v) is 5.02. The molecule has 1 heterocycles. The quantitative estimate of drug-likeness (QED) is 0.877. The van der Waals surface area contributed by atoms with Crippen molar-refractivity contribution >= 4 is 11.6 Å². The van der Waals surface area contributed by atoms with Crippen molar-refractivity contribution in [2.45, 2.75) is 19.9 Å². The number of halogens is 1. The molecule has 1 N–H and O–H groups in total. The molecule has 0 radical (unpaired) electrons. The number of hydrogen-bond acceptors (Lipinski definition) is 4. The van der Waals surface area contributed by atoms with Crippen molar-refractivity contribution in [2.24, 2.45) is 0 Å². The molecule has 2 aromatic rings. The largest absolute Gasteiger partial charge is 0.495 e. The average molecular weight is 310 g/mol. The number of methoxy groups -OCH3 is 2. The molecule has 1 atom stereocenters. The molecular weight excluding hydrogens is 290 g/mol. The van der Waals surface area contributed by atoms with Crippen molar-refractivity contribution in [1.29, 1.82) is 0 Å². The summed E-state index contributed by atoms with van der Waals surface area (Å²) in [5.74, 6) is 2.87. The van der Waals surface area contributed by atoms with Crippen LogP contribution in [0.15, 0.2) is 28.7 Å². The molecule has 0 amide bonds. The number of furan rings is 1. The fraction of sp³-hybridized carbons (Fsp3) is 0.375. The molecule has 1 unspecified atom stereocenters. The van der Waals surface area contributed by atoms with Gasteiger partial charge in [-0.15, -0.1) is 0 Å². The lowest BCUT2D eigenvalue weighted by Crippen LogP contribution is -2.22. The van der Waals surface area contributed by atoms with E-state index >= 15 is 0 Å². The number of benzene rings is 1. The molecule has 2 rings (SSSR count). The third-order valence-corrected chi connectivity index (χ3v) is 3.64. The lowest BCUT2D eigenvalue weighted by molar-refractivity contribution is 0.380. The van der Waals surface area contributed by atoms with E-state index in [-0.39, 0.29) is 6.04 Å². The van der Waals surface area contributed by atoms with Crippen LogP contribution < -0.4 is 14.8 Å². The Morgan fingerprint density at radius 2 is 1.95 bits per heavy atom. The van der Waals surface area contributed by atoms with Gasteiger partial charge in [0.25, 0.3) is 0 Å². The van der Waals surface area contributed by atoms with E-state index < -0.39 is 0 Å². The Kier molecular flexibility index (Phi) is 5.15. The summed E-state index contributed by atoms with van der Waals surface area (Å²) in [6, 6.07) is 7.55. The van der Waals surface area contributed by atoms with E-state index in [1.165, 1.54) is 0 Å². The number of rotatable bonds is 6. The van der Waals surface area contributed by atoms with Crippen LogP contribution in [-0.2, 0) is 0 Å². The highest BCUT2D eigenvalue weighted by atomic mass is 35.5. The molecule has 0 bridgehead atoms. The Morgan fingerprint density at radius 1 is 1.19 bits per heavy atom. The summed E-state index contributed by atoms with van der Waals surface area (Å²) in [6.07, 6.45) is 0. The van der Waals surface area contributed by atoms with Crippen LogP contribution >= 0.6 is 11.6 Å². The SMILES string of the molecule is CCNC(c1ccc(C)o1)c1ccc(OC)c(Cl)c1OC. The Morgan fingerprint density at radius 3 is 2.48 bits per heavy atom. The van der Waals surface area contributed by atoms with Crippen LogP contribution in [0.5, 0.6) is 11.5 Å². The molecule has 0 saturated heterocycles. The van der Waals surface area contributed by atoms with Crippen LogP contribution in [0.2, 0.25) is 5.02 Å². The molecule has 0 spiro atoms. The highest BCUT2D eigenvalue weighted by Gasteiger charge is 2.23. The van der Waals surface area contributed by atoms with Crippen LogP contribution in [0.25, 0.3) is 0 Å². The minimum absolute atomic E-state index is 0.123. The molecule has 0 saturated carbocycles. The fourth-order valence-electron chi connectivity index (χ4n) is 2.32. The smallest absolute Gasteiger partial charge is 0.146 e. The molecule has 21 heavy (non-hydrogen) atoms. The Bertz CT molecular complexity index is 610. The minimum atomic E-state index is -0.123. The van der Waals surface area contributed by atoms with Crippen molar-refractivity contribution in [3.63, 3.8) is 0 Å². The second kappa shape index (κ2) is 6.87. The van der Waals surface area contributed by atoms with E-state index in [9.17, 15) is 0 Å². The minimum Gasteiger partial charge on any atom is -0.495 e. The van der Waals surface area contributed by atoms with Gasteiger partial charge in [0.2, 0.25) is 0 Å². The maximum atomic E-state index is 6.34. The van der Waals surface area contributed by atoms with Gasteiger partial charge in [-0.1, -0.05) is 18.5 Å². The predicted molar refractivity (Wildman–Crippen MR) is 83.5 cm³/mol. The van der Waals surface area contributed by atoms with Crippen LogP contribution in [0.3, 0.4) is 0 Å². The summed E-state index contributed by atoms with van der Waals surface area (Å²) < 4.78 is 16.5. The van der Waals surface area contributed by atoms with Crippen LogP contribution in [0.4, 0.5) is 0 Å². The highest BCUT2D eigenvalue weighted by molar-refractivity contribution is 6.33. The first-order valence-corrected chi connectivity index (χ1v) is 7.20. The zero-order chi connectivity index (χ0) is 15.4. The number of aryl methyl sites for hydroxylation is 1. The average Bonchev–Trinajstić information content (AvgIpc) is 2.91. The Labute approximate surface area is 130 Å². The number of nitrogens with one attached hydrogen (secondary N) is 1. The number of ether oxygens (including phenoxy) is 2. The summed E-state index contributed by atoms with van der Waals surface area (Å²) in [5, 5.41) is 3.86. The zero-order valence-electron chi connectivity index (χ0n) is 12.7. The summed E-state index contributed by atoms with van der Waals surface area (Å²) in [4.78, 5) is 0. The van der Waals surface area contributed by atoms with Crippen LogP contribution in [-0.4, -0.2) is 20.8 Å². The lowest BCUT2D eigenvalue weighted by Gasteiger charge is -2.20. The summed E-state index contributed by atoms with van der Waals surface area (Å²) in [6.45, 7) is 4.75. The molecule has 1 aromatic heterocycles. The lowest BCUT2D eigenvalue weighted by atomic mass is 10.0. The normalized spacial score (nSPS) is 12.2. The van der Waals surface area contributed by atoms with Crippen molar-refractivity contribution in [2.75, 3.05) is 20.8 Å². The standard InChI is InChI=1S/C16H20ClNO3/c1-5-18-15(13-8-6-10(2)21-13)11-7-9-12(19-3)14(17)16(11)20-4/h6-9,15,18H,5H2,1-4H3. The molecule has 0 aliphatic carbocycles. The third kappa shape index (κ3) is 3.17. The predicted octanol–water partition coefficient (Wildman–Crippen LogP) is 3.96. The summed E-state index contributed by atoms with van der Waals surface area (Å²) >= 11 is 6.34. The molecule has 114 valence electrons. The zero-order valence-corrected chi connectivity index (χ0v) is 13.5. The van der Waals surface area contributed by atoms with Crippen LogP contribution in [0, 0.1) is 6.92 Å². The van der Waals surface area contributed by atoms with E-state index in [2.05, 4.69) is 5.32 Å². The maximum Gasteiger partial charge on any atom is 0.146 e. The number of hydrogen-bond donors (Lipinski definition) is 1. The topological polar surface area (TPSA) is 43.6 Å². The Balaban J connectivity index is 2.52. The second-order valence-electron chi connectivity index (χ2n) is 4.64. The Hall–Kier alpha value is -1.65. The van der Waals surface area contributed by atoms with Gasteiger partial charge in [-0.3, -0.25) is 0 Å². The molecular formula is C16H20ClNO3. The molecule has 1 aromatic carbocycles. The van der Waals surface area contributed by atoms with Gasteiger partial charge in [-0.2, -0.15) is 0 Å². The third-order valence-electron chi connectivity index (χ3n) is 3.28. The van der Waals surface area contributed by atoms with Gasteiger partial charge in [0.15, 0.2) is 0 Å². The van der Waals surface area contributed by atoms with E-state index in [1.807, 2.05) is 38.1 Å². The van der Waals surface area contributed by atoms with Crippen molar-refractivity contribution in [1.82, 2.24) is 5.32 Å². The molecule has 0 fully saturated rings. The fourth-order valence-corrected chi connectivity index (χ4v) is 2.65. The van der Waals surface area contributed by atoms with Gasteiger partial charge in [0, 0.05) is 5.56 Å². The van der Waals surface area contributed by atoms with Gasteiger partial charge in [-0.25, -0.2) is 0 Å². The van der Waals surface area contributed by atoms with Gasteiger partial charge < -0.3 is 19.2 Å². The van der Waals surface area contributed by atoms with E-state index in [0.717, 1.165) is 23.6 Å².